The molecule has 2 aromatic heterocycles. The summed E-state index contributed by atoms with van der Waals surface area (Å²) >= 11 is 0. The average molecular weight is 400 g/mol. The fourth-order valence-electron chi connectivity index (χ4n) is 2.54. The van der Waals surface area contributed by atoms with E-state index in [1.54, 1.807) is 19.1 Å². The van der Waals surface area contributed by atoms with Crippen LogP contribution in [0.3, 0.4) is 0 Å². The number of pyridine rings is 1. The lowest BCUT2D eigenvalue weighted by Gasteiger charge is -2.12. The maximum atomic E-state index is 10.8. The summed E-state index contributed by atoms with van der Waals surface area (Å²) in [6.45, 7) is 2.56. The highest BCUT2D eigenvalue weighted by Gasteiger charge is 2.16. The van der Waals surface area contributed by atoms with E-state index in [0.29, 0.717) is 42.3 Å². The Bertz CT molecular complexity index is 947. The Kier molecular flexibility index (Phi) is 6.95. The van der Waals surface area contributed by atoms with Crippen molar-refractivity contribution in [3.8, 4) is 11.5 Å². The zero-order valence-electron chi connectivity index (χ0n) is 15.7. The van der Waals surface area contributed by atoms with E-state index < -0.39 is 11.2 Å². The number of hydrogen-bond donors (Lipinski definition) is 1. The van der Waals surface area contributed by atoms with Gasteiger partial charge < -0.3 is 19.1 Å². The van der Waals surface area contributed by atoms with Gasteiger partial charge in [0.05, 0.1) is 31.2 Å². The van der Waals surface area contributed by atoms with E-state index in [-0.39, 0.29) is 18.1 Å². The molecule has 10 heteroatoms. The molecule has 0 aliphatic rings. The summed E-state index contributed by atoms with van der Waals surface area (Å²) < 4.78 is 15.9. The van der Waals surface area contributed by atoms with Crippen LogP contribution >= 0.6 is 0 Å². The number of rotatable bonds is 10. The van der Waals surface area contributed by atoms with Crippen LogP contribution in [0.4, 0.5) is 5.69 Å². The number of aliphatic hydroxyl groups is 1. The first kappa shape index (κ1) is 20.5. The van der Waals surface area contributed by atoms with Gasteiger partial charge in [-0.15, -0.1) is 0 Å². The Morgan fingerprint density at radius 3 is 2.76 bits per heavy atom. The van der Waals surface area contributed by atoms with E-state index in [1.807, 2.05) is 18.2 Å². The minimum atomic E-state index is -0.990. The van der Waals surface area contributed by atoms with E-state index in [4.69, 9.17) is 14.0 Å². The number of aliphatic hydroxyl groups excluding tert-OH is 1. The summed E-state index contributed by atoms with van der Waals surface area (Å²) in [6, 6.07) is 10.5. The molecule has 1 atom stereocenters. The monoisotopic (exact) mass is 400 g/mol. The highest BCUT2D eigenvalue weighted by atomic mass is 16.6. The summed E-state index contributed by atoms with van der Waals surface area (Å²) in [5.41, 5.74) is 1.59. The summed E-state index contributed by atoms with van der Waals surface area (Å²) in [5.74, 6) is 0.631. The zero-order valence-corrected chi connectivity index (χ0v) is 15.7. The van der Waals surface area contributed by atoms with Crippen molar-refractivity contribution in [1.29, 1.82) is 0 Å². The molecule has 0 saturated carbocycles. The Morgan fingerprint density at radius 2 is 2.03 bits per heavy atom. The van der Waals surface area contributed by atoms with Crippen molar-refractivity contribution < 1.29 is 24.0 Å². The van der Waals surface area contributed by atoms with Crippen molar-refractivity contribution in [1.82, 2.24) is 15.1 Å². The third kappa shape index (κ3) is 5.64. The molecule has 3 rings (SSSR count). The Morgan fingerprint density at radius 1 is 1.24 bits per heavy atom. The molecule has 152 valence electrons. The quantitative estimate of drug-likeness (QED) is 0.236. The van der Waals surface area contributed by atoms with Gasteiger partial charge in [0.1, 0.15) is 11.9 Å². The molecule has 2 heterocycles. The summed E-state index contributed by atoms with van der Waals surface area (Å²) in [5, 5.41) is 24.5. The van der Waals surface area contributed by atoms with Crippen LogP contribution in [-0.4, -0.2) is 45.0 Å². The van der Waals surface area contributed by atoms with Crippen LogP contribution < -0.4 is 0 Å². The molecule has 0 fully saturated rings. The first-order valence-corrected chi connectivity index (χ1v) is 8.91. The molecule has 29 heavy (non-hydrogen) atoms. The van der Waals surface area contributed by atoms with Gasteiger partial charge in [-0.2, -0.15) is 4.98 Å². The molecule has 0 aliphatic carbocycles. The van der Waals surface area contributed by atoms with E-state index in [2.05, 4.69) is 15.1 Å². The SMILES string of the molecule is Cc1cc([N+](=O)[O-])cnc1-c1noc(CCOCCOC(O)c2ccccc2)n1. The van der Waals surface area contributed by atoms with E-state index in [9.17, 15) is 15.2 Å². The molecule has 3 aromatic rings. The molecule has 1 N–H and O–H groups in total. The lowest BCUT2D eigenvalue weighted by atomic mass is 10.2. The predicted molar refractivity (Wildman–Crippen MR) is 101 cm³/mol. The van der Waals surface area contributed by atoms with Crippen molar-refractivity contribution in [3.63, 3.8) is 0 Å². The highest BCUT2D eigenvalue weighted by Crippen LogP contribution is 2.22. The minimum absolute atomic E-state index is 0.0945. The lowest BCUT2D eigenvalue weighted by molar-refractivity contribution is -0.385. The van der Waals surface area contributed by atoms with Crippen LogP contribution in [0.5, 0.6) is 0 Å². The fourth-order valence-corrected chi connectivity index (χ4v) is 2.54. The molecule has 0 bridgehead atoms. The average Bonchev–Trinajstić information content (AvgIpc) is 3.19. The highest BCUT2D eigenvalue weighted by molar-refractivity contribution is 5.56. The van der Waals surface area contributed by atoms with Crippen LogP contribution in [0, 0.1) is 17.0 Å². The van der Waals surface area contributed by atoms with Gasteiger partial charge in [0.25, 0.3) is 5.69 Å². The number of ether oxygens (including phenoxy) is 2. The van der Waals surface area contributed by atoms with Gasteiger partial charge >= 0.3 is 0 Å². The normalized spacial score (nSPS) is 12.1. The van der Waals surface area contributed by atoms with Gasteiger partial charge in [-0.05, 0) is 12.5 Å². The number of benzene rings is 1. The van der Waals surface area contributed by atoms with Crippen LogP contribution in [-0.2, 0) is 15.9 Å². The van der Waals surface area contributed by atoms with E-state index >= 15 is 0 Å². The van der Waals surface area contributed by atoms with E-state index in [0.717, 1.165) is 6.20 Å². The van der Waals surface area contributed by atoms with Crippen LogP contribution in [0.15, 0.2) is 47.1 Å². The molecular weight excluding hydrogens is 380 g/mol. The van der Waals surface area contributed by atoms with Crippen molar-refractivity contribution in [2.75, 3.05) is 19.8 Å². The third-order valence-electron chi connectivity index (χ3n) is 4.00. The van der Waals surface area contributed by atoms with Crippen LogP contribution in [0.1, 0.15) is 23.3 Å². The molecule has 1 aromatic carbocycles. The van der Waals surface area contributed by atoms with Crippen LogP contribution in [0.25, 0.3) is 11.5 Å². The Labute approximate surface area is 166 Å². The molecule has 10 nitrogen and oxygen atoms in total. The first-order chi connectivity index (χ1) is 14.0. The standard InChI is InChI=1S/C19H20N4O6/c1-13-11-15(23(25)26)12-20-17(13)18-21-16(29-22-18)7-8-27-9-10-28-19(24)14-5-3-2-4-6-14/h2-6,11-12,19,24H,7-10H2,1H3. The number of nitrogens with zero attached hydrogens (tertiary/aromatic N) is 4. The Hall–Kier alpha value is -3.21. The number of nitro groups is 1. The van der Waals surface area contributed by atoms with Gasteiger partial charge in [-0.3, -0.25) is 10.1 Å². The van der Waals surface area contributed by atoms with Gasteiger partial charge in [0.2, 0.25) is 11.7 Å². The van der Waals surface area contributed by atoms with Crippen molar-refractivity contribution in [3.05, 3.63) is 69.7 Å². The summed E-state index contributed by atoms with van der Waals surface area (Å²) in [6.07, 6.45) is 0.557. The van der Waals surface area contributed by atoms with E-state index in [1.165, 1.54) is 6.07 Å². The lowest BCUT2D eigenvalue weighted by Crippen LogP contribution is -2.10. The van der Waals surface area contributed by atoms with Crippen molar-refractivity contribution in [2.45, 2.75) is 19.6 Å². The Balaban J connectivity index is 1.41. The number of hydrogen-bond acceptors (Lipinski definition) is 9. The minimum Gasteiger partial charge on any atom is -0.379 e. The molecule has 0 aliphatic heterocycles. The molecule has 0 amide bonds. The topological polar surface area (TPSA) is 134 Å². The molecule has 0 radical (unpaired) electrons. The number of aryl methyl sites for hydroxylation is 1. The second kappa shape index (κ2) is 9.82. The molecular formula is C19H20N4O6. The maximum Gasteiger partial charge on any atom is 0.287 e. The largest absolute Gasteiger partial charge is 0.379 e. The van der Waals surface area contributed by atoms with Crippen molar-refractivity contribution in [2.24, 2.45) is 0 Å². The first-order valence-electron chi connectivity index (χ1n) is 8.91. The van der Waals surface area contributed by atoms with Crippen LogP contribution in [0.2, 0.25) is 0 Å². The van der Waals surface area contributed by atoms with Crippen molar-refractivity contribution >= 4 is 5.69 Å². The smallest absolute Gasteiger partial charge is 0.287 e. The fraction of sp³-hybridized carbons (Fsp3) is 0.316. The summed E-state index contributed by atoms with van der Waals surface area (Å²) in [7, 11) is 0. The molecule has 0 spiro atoms. The second-order valence-corrected chi connectivity index (χ2v) is 6.12. The zero-order chi connectivity index (χ0) is 20.6. The summed E-state index contributed by atoms with van der Waals surface area (Å²) in [4.78, 5) is 18.6. The molecule has 0 saturated heterocycles. The van der Waals surface area contributed by atoms with Gasteiger partial charge in [-0.1, -0.05) is 35.5 Å². The number of aromatic nitrogens is 3. The third-order valence-corrected chi connectivity index (χ3v) is 4.00. The maximum absolute atomic E-state index is 10.8. The molecule has 1 unspecified atom stereocenters. The van der Waals surface area contributed by atoms with Gasteiger partial charge in [0.15, 0.2) is 6.29 Å². The van der Waals surface area contributed by atoms with Gasteiger partial charge in [-0.25, -0.2) is 4.98 Å². The second-order valence-electron chi connectivity index (χ2n) is 6.12. The predicted octanol–water partition coefficient (Wildman–Crippen LogP) is 2.62. The van der Waals surface area contributed by atoms with Gasteiger partial charge in [0, 0.05) is 11.6 Å².